The van der Waals surface area contributed by atoms with E-state index in [1.54, 1.807) is 4.90 Å². The van der Waals surface area contributed by atoms with Crippen LogP contribution < -0.4 is 4.74 Å². The number of morpholine rings is 1. The van der Waals surface area contributed by atoms with Crippen LogP contribution in [0.4, 0.5) is 18.0 Å². The Balaban J connectivity index is 1.69. The normalized spacial score (nSPS) is 25.6. The molecule has 0 spiro atoms. The number of ether oxygens (including phenoxy) is 2. The number of hydrogen-bond acceptors (Lipinski definition) is 4. The maximum absolute atomic E-state index is 12.9. The summed E-state index contributed by atoms with van der Waals surface area (Å²) < 4.78 is 48.9. The topological polar surface area (TPSA) is 79.3 Å². The van der Waals surface area contributed by atoms with Gasteiger partial charge in [-0.3, -0.25) is 9.69 Å². The van der Waals surface area contributed by atoms with Crippen LogP contribution in [0.15, 0.2) is 24.3 Å². The molecule has 2 fully saturated rings. The third-order valence-electron chi connectivity index (χ3n) is 4.93. The summed E-state index contributed by atoms with van der Waals surface area (Å²) >= 11 is 0. The van der Waals surface area contributed by atoms with Gasteiger partial charge in [0.2, 0.25) is 5.91 Å². The minimum Gasteiger partial charge on any atom is -0.488 e. The van der Waals surface area contributed by atoms with Crippen LogP contribution in [0.2, 0.25) is 0 Å². The van der Waals surface area contributed by atoms with Crippen molar-refractivity contribution in [1.82, 2.24) is 9.80 Å². The summed E-state index contributed by atoms with van der Waals surface area (Å²) in [6.45, 7) is 2.95. The monoisotopic (exact) mass is 402 g/mol. The Morgan fingerprint density at radius 1 is 1.21 bits per heavy atom. The van der Waals surface area contributed by atoms with E-state index in [0.29, 0.717) is 19.8 Å². The van der Waals surface area contributed by atoms with Gasteiger partial charge in [0, 0.05) is 13.0 Å². The molecule has 1 aromatic carbocycles. The van der Waals surface area contributed by atoms with Crippen molar-refractivity contribution in [3.63, 3.8) is 0 Å². The second kappa shape index (κ2) is 7.86. The first-order valence-electron chi connectivity index (χ1n) is 8.88. The Hall–Kier alpha value is -2.49. The zero-order chi connectivity index (χ0) is 20.5. The molecule has 3 atom stereocenters. The molecule has 154 valence electrons. The molecule has 0 aliphatic carbocycles. The van der Waals surface area contributed by atoms with E-state index >= 15 is 0 Å². The van der Waals surface area contributed by atoms with Gasteiger partial charge in [-0.05, 0) is 31.2 Å². The van der Waals surface area contributed by atoms with Crippen molar-refractivity contribution in [3.05, 3.63) is 29.8 Å². The summed E-state index contributed by atoms with van der Waals surface area (Å²) in [5.74, 6) is -0.118. The van der Waals surface area contributed by atoms with Crippen molar-refractivity contribution >= 4 is 12.0 Å². The number of benzene rings is 1. The minimum absolute atomic E-state index is 0.0362. The van der Waals surface area contributed by atoms with Crippen LogP contribution in [-0.4, -0.2) is 71.4 Å². The van der Waals surface area contributed by atoms with Crippen LogP contribution in [0.25, 0.3) is 0 Å². The van der Waals surface area contributed by atoms with Crippen LogP contribution >= 0.6 is 0 Å². The molecule has 10 heteroatoms. The van der Waals surface area contributed by atoms with Crippen LogP contribution in [0.3, 0.4) is 0 Å². The quantitative estimate of drug-likeness (QED) is 0.840. The lowest BCUT2D eigenvalue weighted by Gasteiger charge is -2.36. The molecular weight excluding hydrogens is 381 g/mol. The molecular formula is C18H21F3N2O5. The van der Waals surface area contributed by atoms with Crippen molar-refractivity contribution in [2.24, 2.45) is 0 Å². The van der Waals surface area contributed by atoms with Crippen molar-refractivity contribution in [1.29, 1.82) is 0 Å². The second-order valence-corrected chi connectivity index (χ2v) is 6.90. The van der Waals surface area contributed by atoms with Crippen molar-refractivity contribution in [2.75, 3.05) is 26.3 Å². The first kappa shape index (κ1) is 20.2. The number of carbonyl (C=O) groups excluding carboxylic acids is 1. The number of carbonyl (C=O) groups is 2. The highest BCUT2D eigenvalue weighted by Crippen LogP contribution is 2.31. The third-order valence-corrected chi connectivity index (χ3v) is 4.93. The molecule has 3 rings (SSSR count). The van der Waals surface area contributed by atoms with Gasteiger partial charge in [0.05, 0.1) is 31.4 Å². The molecule has 2 aliphatic rings. The molecule has 0 bridgehead atoms. The Morgan fingerprint density at radius 2 is 1.89 bits per heavy atom. The number of rotatable bonds is 3. The number of amides is 2. The molecule has 1 N–H and O–H groups in total. The average Bonchev–Trinajstić information content (AvgIpc) is 3.05. The number of halogens is 3. The van der Waals surface area contributed by atoms with Crippen LogP contribution in [0.1, 0.15) is 18.9 Å². The van der Waals surface area contributed by atoms with Gasteiger partial charge in [-0.25, -0.2) is 4.79 Å². The Kier molecular flexibility index (Phi) is 5.69. The minimum atomic E-state index is -4.45. The highest BCUT2D eigenvalue weighted by Gasteiger charge is 2.43. The Bertz CT molecular complexity index is 725. The molecule has 0 aromatic heterocycles. The Labute approximate surface area is 159 Å². The number of hydrogen-bond donors (Lipinski definition) is 1. The maximum atomic E-state index is 12.9. The number of carboxylic acid groups (broad SMARTS) is 1. The lowest BCUT2D eigenvalue weighted by molar-refractivity contribution is -0.143. The molecule has 2 amide bonds. The molecule has 7 nitrogen and oxygen atoms in total. The fraction of sp³-hybridized carbons (Fsp3) is 0.556. The van der Waals surface area contributed by atoms with Crippen LogP contribution in [0.5, 0.6) is 5.75 Å². The summed E-state index contributed by atoms with van der Waals surface area (Å²) in [5.41, 5.74) is -0.798. The van der Waals surface area contributed by atoms with E-state index in [2.05, 4.69) is 0 Å². The van der Waals surface area contributed by atoms with E-state index in [-0.39, 0.29) is 30.7 Å². The summed E-state index contributed by atoms with van der Waals surface area (Å²) in [6, 6.07) is 3.12. The van der Waals surface area contributed by atoms with Gasteiger partial charge in [0.25, 0.3) is 0 Å². The van der Waals surface area contributed by atoms with Gasteiger partial charge < -0.3 is 19.5 Å². The summed E-state index contributed by atoms with van der Waals surface area (Å²) in [4.78, 5) is 27.1. The predicted molar refractivity (Wildman–Crippen MR) is 91.0 cm³/mol. The predicted octanol–water partition coefficient (Wildman–Crippen LogP) is 2.45. The van der Waals surface area contributed by atoms with E-state index in [0.717, 1.165) is 17.0 Å². The van der Waals surface area contributed by atoms with E-state index in [1.807, 2.05) is 6.92 Å². The Morgan fingerprint density at radius 3 is 2.46 bits per heavy atom. The molecule has 1 aromatic rings. The first-order valence-corrected chi connectivity index (χ1v) is 8.88. The van der Waals surface area contributed by atoms with Crippen LogP contribution in [0, 0.1) is 0 Å². The number of alkyl halides is 3. The fourth-order valence-electron chi connectivity index (χ4n) is 3.49. The van der Waals surface area contributed by atoms with E-state index in [4.69, 9.17) is 9.47 Å². The van der Waals surface area contributed by atoms with Gasteiger partial charge in [0.15, 0.2) is 0 Å². The maximum Gasteiger partial charge on any atom is 0.416 e. The molecule has 1 unspecified atom stereocenters. The lowest BCUT2D eigenvalue weighted by atomic mass is 10.1. The zero-order valence-electron chi connectivity index (χ0n) is 15.2. The first-order chi connectivity index (χ1) is 13.2. The SMILES string of the molecule is CC1COCCN1C(=O)[C@@H]1C[C@@H](Oc2ccc(C(F)(F)F)cc2)CN1C(=O)O. The fourth-order valence-corrected chi connectivity index (χ4v) is 3.49. The van der Waals surface area contributed by atoms with E-state index in [9.17, 15) is 27.9 Å². The molecule has 2 heterocycles. The van der Waals surface area contributed by atoms with Crippen LogP contribution in [-0.2, 0) is 15.7 Å². The van der Waals surface area contributed by atoms with E-state index < -0.39 is 30.0 Å². The van der Waals surface area contributed by atoms with Gasteiger partial charge in [-0.15, -0.1) is 0 Å². The van der Waals surface area contributed by atoms with Gasteiger partial charge in [-0.2, -0.15) is 13.2 Å². The van der Waals surface area contributed by atoms with Gasteiger partial charge >= 0.3 is 12.3 Å². The summed E-state index contributed by atoms with van der Waals surface area (Å²) in [6.07, 6.45) is -6.18. The van der Waals surface area contributed by atoms with Crippen molar-refractivity contribution < 1.29 is 37.3 Å². The molecule has 2 aliphatic heterocycles. The average molecular weight is 402 g/mol. The van der Waals surface area contributed by atoms with Gasteiger partial charge in [0.1, 0.15) is 17.9 Å². The van der Waals surface area contributed by atoms with Crippen molar-refractivity contribution in [2.45, 2.75) is 37.7 Å². The van der Waals surface area contributed by atoms with Crippen molar-refractivity contribution in [3.8, 4) is 5.75 Å². The lowest BCUT2D eigenvalue weighted by Crippen LogP contribution is -2.54. The molecule has 0 saturated carbocycles. The highest BCUT2D eigenvalue weighted by molar-refractivity contribution is 5.86. The van der Waals surface area contributed by atoms with E-state index in [1.165, 1.54) is 12.1 Å². The molecule has 2 saturated heterocycles. The largest absolute Gasteiger partial charge is 0.488 e. The summed E-state index contributed by atoms with van der Waals surface area (Å²) in [7, 11) is 0. The highest BCUT2D eigenvalue weighted by atomic mass is 19.4. The number of nitrogens with zero attached hydrogens (tertiary/aromatic N) is 2. The standard InChI is InChI=1S/C18H21F3N2O5/c1-11-10-27-7-6-22(11)16(24)15-8-14(9-23(15)17(25)26)28-13-4-2-12(3-5-13)18(19,20)21/h2-5,11,14-15H,6-10H2,1H3,(H,25,26)/t11?,14-,15+/m1/s1. The molecule has 28 heavy (non-hydrogen) atoms. The zero-order valence-corrected chi connectivity index (χ0v) is 15.2. The third kappa shape index (κ3) is 4.32. The van der Waals surface area contributed by atoms with Gasteiger partial charge in [-0.1, -0.05) is 0 Å². The second-order valence-electron chi connectivity index (χ2n) is 6.90. The number of likely N-dealkylation sites (tertiary alicyclic amines) is 1. The summed E-state index contributed by atoms with van der Waals surface area (Å²) in [5, 5.41) is 9.46. The smallest absolute Gasteiger partial charge is 0.416 e. The molecule has 0 radical (unpaired) electrons.